The predicted molar refractivity (Wildman–Crippen MR) is 117 cm³/mol. The molecule has 3 aromatic rings. The van der Waals surface area contributed by atoms with Crippen LogP contribution in [-0.4, -0.2) is 23.9 Å². The Morgan fingerprint density at radius 1 is 1.00 bits per heavy atom. The quantitative estimate of drug-likeness (QED) is 0.376. The molecule has 1 aliphatic heterocycles. The van der Waals surface area contributed by atoms with Crippen LogP contribution in [0, 0.1) is 0 Å². The summed E-state index contributed by atoms with van der Waals surface area (Å²) < 4.78 is 5.59. The summed E-state index contributed by atoms with van der Waals surface area (Å²) in [6.45, 7) is -0.0476. The number of benzene rings is 3. The number of fused-ring (bicyclic) bond motifs is 1. The van der Waals surface area contributed by atoms with Gasteiger partial charge in [-0.3, -0.25) is 9.59 Å². The minimum atomic E-state index is -0.114. The van der Waals surface area contributed by atoms with Gasteiger partial charge in [-0.15, -0.1) is 11.8 Å². The molecule has 0 spiro atoms. The van der Waals surface area contributed by atoms with E-state index in [0.717, 1.165) is 21.6 Å². The van der Waals surface area contributed by atoms with E-state index in [1.54, 1.807) is 48.2 Å². The maximum atomic E-state index is 12.7. The van der Waals surface area contributed by atoms with E-state index in [4.69, 9.17) is 16.3 Å². The van der Waals surface area contributed by atoms with E-state index in [9.17, 15) is 9.59 Å². The lowest BCUT2D eigenvalue weighted by atomic mass is 10.0. The van der Waals surface area contributed by atoms with Gasteiger partial charge in [0.25, 0.3) is 0 Å². The highest BCUT2D eigenvalue weighted by atomic mass is 35.5. The molecule has 3 aromatic carbocycles. The van der Waals surface area contributed by atoms with Crippen LogP contribution >= 0.6 is 23.4 Å². The van der Waals surface area contributed by atoms with Crippen LogP contribution in [0.4, 0.5) is 0 Å². The molecule has 1 heterocycles. The molecule has 144 valence electrons. The summed E-state index contributed by atoms with van der Waals surface area (Å²) in [6, 6.07) is 21.8. The molecule has 0 aliphatic carbocycles. The second-order valence-electron chi connectivity index (χ2n) is 6.57. The van der Waals surface area contributed by atoms with Crippen molar-refractivity contribution in [2.75, 3.05) is 12.4 Å². The Bertz CT molecular complexity index is 1090. The first-order valence-corrected chi connectivity index (χ1v) is 10.5. The number of hydrogen-bond acceptors (Lipinski definition) is 4. The molecule has 1 aliphatic rings. The number of ether oxygens (including phenoxy) is 1. The number of carbonyl (C=O) groups excluding carboxylic acids is 2. The van der Waals surface area contributed by atoms with E-state index in [0.29, 0.717) is 22.1 Å². The zero-order valence-electron chi connectivity index (χ0n) is 15.4. The van der Waals surface area contributed by atoms with Gasteiger partial charge in [0.15, 0.2) is 18.2 Å². The molecule has 0 amide bonds. The molecule has 5 heteroatoms. The molecule has 0 unspecified atom stereocenters. The van der Waals surface area contributed by atoms with Crippen LogP contribution < -0.4 is 4.74 Å². The molecule has 0 bridgehead atoms. The zero-order chi connectivity index (χ0) is 20.2. The van der Waals surface area contributed by atoms with Gasteiger partial charge in [-0.2, -0.15) is 0 Å². The normalized spacial score (nSPS) is 14.5. The number of thioether (sulfide) groups is 1. The minimum Gasteiger partial charge on any atom is -0.485 e. The van der Waals surface area contributed by atoms with Gasteiger partial charge in [-0.25, -0.2) is 0 Å². The highest BCUT2D eigenvalue weighted by Crippen LogP contribution is 2.33. The fourth-order valence-corrected chi connectivity index (χ4v) is 4.15. The van der Waals surface area contributed by atoms with Gasteiger partial charge >= 0.3 is 0 Å². The molecule has 0 fully saturated rings. The van der Waals surface area contributed by atoms with E-state index < -0.39 is 0 Å². The third-order valence-corrected chi connectivity index (χ3v) is 5.94. The maximum Gasteiger partial charge on any atom is 0.200 e. The van der Waals surface area contributed by atoms with Crippen molar-refractivity contribution >= 4 is 41.0 Å². The van der Waals surface area contributed by atoms with E-state index in [1.165, 1.54) is 0 Å². The molecule has 0 N–H and O–H groups in total. The number of carbonyl (C=O) groups is 2. The lowest BCUT2D eigenvalue weighted by molar-refractivity contribution is 0.0921. The van der Waals surface area contributed by atoms with Crippen molar-refractivity contribution in [3.63, 3.8) is 0 Å². The topological polar surface area (TPSA) is 43.4 Å². The minimum absolute atomic E-state index is 0.0476. The smallest absolute Gasteiger partial charge is 0.200 e. The average molecular weight is 421 g/mol. The second-order valence-corrected chi connectivity index (χ2v) is 8.02. The zero-order valence-corrected chi connectivity index (χ0v) is 17.0. The summed E-state index contributed by atoms with van der Waals surface area (Å²) in [4.78, 5) is 25.9. The maximum absolute atomic E-state index is 12.7. The summed E-state index contributed by atoms with van der Waals surface area (Å²) in [5.41, 5.74) is 3.02. The first kappa shape index (κ1) is 19.5. The fourth-order valence-electron chi connectivity index (χ4n) is 3.01. The van der Waals surface area contributed by atoms with Crippen LogP contribution in [0.2, 0.25) is 5.02 Å². The number of Topliss-reactive ketones (excluding diaryl/α,β-unsaturated/α-hetero) is 2. The predicted octanol–water partition coefficient (Wildman–Crippen LogP) is 5.97. The van der Waals surface area contributed by atoms with Crippen molar-refractivity contribution < 1.29 is 14.3 Å². The van der Waals surface area contributed by atoms with Gasteiger partial charge in [0, 0.05) is 32.4 Å². The molecule has 0 aromatic heterocycles. The first-order valence-electron chi connectivity index (χ1n) is 9.09. The second kappa shape index (κ2) is 8.68. The Balaban J connectivity index is 1.41. The molecule has 4 rings (SSSR count). The number of hydrogen-bond donors (Lipinski definition) is 0. The van der Waals surface area contributed by atoms with Gasteiger partial charge in [0.1, 0.15) is 5.75 Å². The number of halogens is 1. The highest BCUT2D eigenvalue weighted by molar-refractivity contribution is 7.99. The molecular formula is C24H17ClO3S. The molecule has 0 saturated carbocycles. The fraction of sp³-hybridized carbons (Fsp3) is 0.0833. The third-order valence-electron chi connectivity index (χ3n) is 4.56. The van der Waals surface area contributed by atoms with Crippen LogP contribution in [0.25, 0.3) is 6.08 Å². The van der Waals surface area contributed by atoms with E-state index in [1.807, 2.05) is 42.5 Å². The van der Waals surface area contributed by atoms with Gasteiger partial charge in [0.05, 0.1) is 0 Å². The largest absolute Gasteiger partial charge is 0.485 e. The lowest BCUT2D eigenvalue weighted by Gasteiger charge is -2.16. The van der Waals surface area contributed by atoms with Gasteiger partial charge in [0.2, 0.25) is 0 Å². The Morgan fingerprint density at radius 3 is 2.48 bits per heavy atom. The summed E-state index contributed by atoms with van der Waals surface area (Å²) >= 11 is 7.51. The Hall–Kier alpha value is -2.82. The van der Waals surface area contributed by atoms with Gasteiger partial charge < -0.3 is 4.74 Å². The lowest BCUT2D eigenvalue weighted by Crippen LogP contribution is -2.12. The Labute approximate surface area is 178 Å². The summed E-state index contributed by atoms with van der Waals surface area (Å²) in [5.74, 6) is 1.22. The van der Waals surface area contributed by atoms with Crippen LogP contribution in [-0.2, 0) is 0 Å². The van der Waals surface area contributed by atoms with E-state index >= 15 is 0 Å². The van der Waals surface area contributed by atoms with Crippen molar-refractivity contribution in [3.05, 3.63) is 100 Å². The molecule has 29 heavy (non-hydrogen) atoms. The molecule has 0 saturated heterocycles. The number of ketones is 2. The third kappa shape index (κ3) is 4.61. The molecule has 0 atom stereocenters. The summed E-state index contributed by atoms with van der Waals surface area (Å²) in [5, 5.41) is 0.588. The molecule has 0 radical (unpaired) electrons. The van der Waals surface area contributed by atoms with Crippen molar-refractivity contribution in [2.24, 2.45) is 0 Å². The first-order chi connectivity index (χ1) is 14.1. The van der Waals surface area contributed by atoms with Crippen molar-refractivity contribution in [2.45, 2.75) is 4.90 Å². The van der Waals surface area contributed by atoms with Crippen LogP contribution in [0.5, 0.6) is 5.75 Å². The van der Waals surface area contributed by atoms with Crippen LogP contribution in [0.15, 0.2) is 83.3 Å². The SMILES string of the molecule is O=C(COc1ccc(/C=C2\CSc3ccccc3C2=O)cc1)c1ccc(Cl)cc1. The highest BCUT2D eigenvalue weighted by Gasteiger charge is 2.21. The van der Waals surface area contributed by atoms with E-state index in [-0.39, 0.29) is 18.2 Å². The number of rotatable bonds is 5. The van der Waals surface area contributed by atoms with Crippen molar-refractivity contribution in [3.8, 4) is 5.75 Å². The monoisotopic (exact) mass is 420 g/mol. The van der Waals surface area contributed by atoms with E-state index in [2.05, 4.69) is 0 Å². The average Bonchev–Trinajstić information content (AvgIpc) is 2.75. The summed E-state index contributed by atoms with van der Waals surface area (Å²) in [6.07, 6.45) is 1.91. The standard InChI is InChI=1S/C24H17ClO3S/c25-19-9-7-17(8-10-19)22(26)14-28-20-11-5-16(6-12-20)13-18-15-29-23-4-2-1-3-21(23)24(18)27/h1-13H,14-15H2/b18-13+. The molecular weight excluding hydrogens is 404 g/mol. The van der Waals surface area contributed by atoms with Crippen molar-refractivity contribution in [1.29, 1.82) is 0 Å². The molecule has 3 nitrogen and oxygen atoms in total. The van der Waals surface area contributed by atoms with Crippen molar-refractivity contribution in [1.82, 2.24) is 0 Å². The summed E-state index contributed by atoms with van der Waals surface area (Å²) in [7, 11) is 0. The van der Waals surface area contributed by atoms with Crippen LogP contribution in [0.3, 0.4) is 0 Å². The Kier molecular flexibility index (Phi) is 5.84. The van der Waals surface area contributed by atoms with Crippen LogP contribution in [0.1, 0.15) is 26.3 Å². The van der Waals surface area contributed by atoms with Gasteiger partial charge in [-0.1, -0.05) is 35.9 Å². The van der Waals surface area contributed by atoms with Gasteiger partial charge in [-0.05, 0) is 60.2 Å². The Morgan fingerprint density at radius 2 is 1.72 bits per heavy atom.